The number of rotatable bonds is 2. The first-order chi connectivity index (χ1) is 11.0. The van der Waals surface area contributed by atoms with Crippen LogP contribution in [0.1, 0.15) is 11.3 Å². The van der Waals surface area contributed by atoms with Gasteiger partial charge in [-0.2, -0.15) is 5.10 Å². The zero-order valence-corrected chi connectivity index (χ0v) is 12.7. The van der Waals surface area contributed by atoms with E-state index in [9.17, 15) is 9.59 Å². The minimum atomic E-state index is -0.757. The van der Waals surface area contributed by atoms with Gasteiger partial charge in [-0.25, -0.2) is 4.98 Å². The van der Waals surface area contributed by atoms with Crippen molar-refractivity contribution in [2.24, 2.45) is 0 Å². The van der Waals surface area contributed by atoms with Crippen LogP contribution >= 0.6 is 0 Å². The highest BCUT2D eigenvalue weighted by atomic mass is 16.2. The Balaban J connectivity index is 1.70. The summed E-state index contributed by atoms with van der Waals surface area (Å²) in [4.78, 5) is 28.0. The SMILES string of the molecule is Cc1ccc(NC(=O)C(=O)Nc2cnc3n[nH]c(C)c3c2)cc1. The number of carbonyl (C=O) groups is 2. The molecular weight excluding hydrogens is 294 g/mol. The molecule has 0 saturated carbocycles. The normalized spacial score (nSPS) is 10.5. The summed E-state index contributed by atoms with van der Waals surface area (Å²) in [6.07, 6.45) is 1.46. The molecule has 2 heterocycles. The second-order valence-corrected chi connectivity index (χ2v) is 5.22. The number of benzene rings is 1. The second kappa shape index (κ2) is 5.88. The quantitative estimate of drug-likeness (QED) is 0.631. The summed E-state index contributed by atoms with van der Waals surface area (Å²) >= 11 is 0. The minimum absolute atomic E-state index is 0.436. The van der Waals surface area contributed by atoms with Crippen LogP contribution in [0.5, 0.6) is 0 Å². The fourth-order valence-electron chi connectivity index (χ4n) is 2.10. The number of aromatic amines is 1. The topological polar surface area (TPSA) is 99.8 Å². The van der Waals surface area contributed by atoms with Gasteiger partial charge in [-0.15, -0.1) is 0 Å². The maximum absolute atomic E-state index is 12.0. The summed E-state index contributed by atoms with van der Waals surface area (Å²) in [5.74, 6) is -1.49. The first-order valence-corrected chi connectivity index (χ1v) is 7.02. The second-order valence-electron chi connectivity index (χ2n) is 5.22. The number of hydrogen-bond donors (Lipinski definition) is 3. The van der Waals surface area contributed by atoms with Crippen LogP contribution in [0.4, 0.5) is 11.4 Å². The molecule has 7 heteroatoms. The molecular formula is C16H15N5O2. The Kier molecular flexibility index (Phi) is 3.76. The monoisotopic (exact) mass is 309 g/mol. The van der Waals surface area contributed by atoms with Gasteiger partial charge in [0.15, 0.2) is 5.65 Å². The Morgan fingerprint density at radius 3 is 2.35 bits per heavy atom. The van der Waals surface area contributed by atoms with Crippen molar-refractivity contribution in [3.8, 4) is 0 Å². The fourth-order valence-corrected chi connectivity index (χ4v) is 2.10. The molecule has 7 nitrogen and oxygen atoms in total. The first-order valence-electron chi connectivity index (χ1n) is 7.02. The molecule has 0 fully saturated rings. The number of pyridine rings is 1. The van der Waals surface area contributed by atoms with Gasteiger partial charge in [0.25, 0.3) is 0 Å². The van der Waals surface area contributed by atoms with E-state index >= 15 is 0 Å². The Hall–Kier alpha value is -3.22. The number of anilines is 2. The highest BCUT2D eigenvalue weighted by Gasteiger charge is 2.15. The molecule has 3 aromatic rings. The van der Waals surface area contributed by atoms with Gasteiger partial charge < -0.3 is 10.6 Å². The molecule has 2 amide bonds. The molecule has 1 aromatic carbocycles. The van der Waals surface area contributed by atoms with Crippen LogP contribution in [-0.4, -0.2) is 27.0 Å². The maximum atomic E-state index is 12.0. The lowest BCUT2D eigenvalue weighted by Gasteiger charge is -2.06. The van der Waals surface area contributed by atoms with Crippen molar-refractivity contribution in [1.82, 2.24) is 15.2 Å². The summed E-state index contributed by atoms with van der Waals surface area (Å²) in [6.45, 7) is 3.80. The number of nitrogens with zero attached hydrogens (tertiary/aromatic N) is 2. The highest BCUT2D eigenvalue weighted by Crippen LogP contribution is 2.17. The van der Waals surface area contributed by atoms with E-state index in [2.05, 4.69) is 25.8 Å². The molecule has 0 atom stereocenters. The Bertz CT molecular complexity index is 883. The van der Waals surface area contributed by atoms with E-state index in [-0.39, 0.29) is 0 Å². The van der Waals surface area contributed by atoms with E-state index in [0.29, 0.717) is 17.0 Å². The number of amides is 2. The van der Waals surface area contributed by atoms with Gasteiger partial charge in [-0.3, -0.25) is 14.7 Å². The molecule has 0 aliphatic carbocycles. The molecule has 0 saturated heterocycles. The van der Waals surface area contributed by atoms with E-state index in [1.165, 1.54) is 6.20 Å². The van der Waals surface area contributed by atoms with Crippen molar-refractivity contribution in [3.05, 3.63) is 47.8 Å². The number of aryl methyl sites for hydroxylation is 2. The van der Waals surface area contributed by atoms with Crippen LogP contribution in [-0.2, 0) is 9.59 Å². The molecule has 0 aliphatic heterocycles. The number of fused-ring (bicyclic) bond motifs is 1. The summed E-state index contributed by atoms with van der Waals surface area (Å²) < 4.78 is 0. The van der Waals surface area contributed by atoms with Crippen molar-refractivity contribution in [2.75, 3.05) is 10.6 Å². The van der Waals surface area contributed by atoms with Crippen LogP contribution in [0.25, 0.3) is 11.0 Å². The van der Waals surface area contributed by atoms with Crippen LogP contribution in [0.3, 0.4) is 0 Å². The molecule has 0 aliphatic rings. The van der Waals surface area contributed by atoms with Crippen molar-refractivity contribution >= 4 is 34.2 Å². The molecule has 0 bridgehead atoms. The van der Waals surface area contributed by atoms with Gasteiger partial charge in [0.1, 0.15) is 0 Å². The predicted octanol–water partition coefficient (Wildman–Crippen LogP) is 2.15. The van der Waals surface area contributed by atoms with Crippen LogP contribution in [0, 0.1) is 13.8 Å². The van der Waals surface area contributed by atoms with Crippen LogP contribution < -0.4 is 10.6 Å². The van der Waals surface area contributed by atoms with Crippen molar-refractivity contribution in [2.45, 2.75) is 13.8 Å². The molecule has 23 heavy (non-hydrogen) atoms. The first kappa shape index (κ1) is 14.7. The number of aromatic nitrogens is 3. The van der Waals surface area contributed by atoms with Gasteiger partial charge in [-0.05, 0) is 32.0 Å². The molecule has 3 N–H and O–H groups in total. The Labute approximate surface area is 132 Å². The number of nitrogens with one attached hydrogen (secondary N) is 3. The summed E-state index contributed by atoms with van der Waals surface area (Å²) in [6, 6.07) is 8.91. The minimum Gasteiger partial charge on any atom is -0.318 e. The average Bonchev–Trinajstić information content (AvgIpc) is 2.90. The van der Waals surface area contributed by atoms with E-state index < -0.39 is 11.8 Å². The standard InChI is InChI=1S/C16H15N5O2/c1-9-3-5-11(6-4-9)18-15(22)16(23)19-12-7-13-10(2)20-21-14(13)17-8-12/h3-8H,1-2H3,(H,18,22)(H,19,23)(H,17,20,21). The van der Waals surface area contributed by atoms with Gasteiger partial charge in [0.05, 0.1) is 11.9 Å². The predicted molar refractivity (Wildman–Crippen MR) is 87.1 cm³/mol. The zero-order valence-electron chi connectivity index (χ0n) is 12.7. The molecule has 0 spiro atoms. The molecule has 0 unspecified atom stereocenters. The van der Waals surface area contributed by atoms with Gasteiger partial charge in [0, 0.05) is 16.8 Å². The highest BCUT2D eigenvalue weighted by molar-refractivity contribution is 6.43. The molecule has 2 aromatic heterocycles. The van der Waals surface area contributed by atoms with Gasteiger partial charge in [0.2, 0.25) is 0 Å². The van der Waals surface area contributed by atoms with Crippen molar-refractivity contribution < 1.29 is 9.59 Å². The average molecular weight is 309 g/mol. The third-order valence-electron chi connectivity index (χ3n) is 3.37. The number of H-pyrrole nitrogens is 1. The summed E-state index contributed by atoms with van der Waals surface area (Å²) in [5, 5.41) is 12.7. The third kappa shape index (κ3) is 3.18. The zero-order chi connectivity index (χ0) is 16.4. The maximum Gasteiger partial charge on any atom is 0.314 e. The fraction of sp³-hybridized carbons (Fsp3) is 0.125. The summed E-state index contributed by atoms with van der Waals surface area (Å²) in [7, 11) is 0. The van der Waals surface area contributed by atoms with Crippen LogP contribution in [0.15, 0.2) is 36.5 Å². The van der Waals surface area contributed by atoms with E-state index in [1.807, 2.05) is 26.0 Å². The summed E-state index contributed by atoms with van der Waals surface area (Å²) in [5.41, 5.74) is 3.47. The number of hydrogen-bond acceptors (Lipinski definition) is 4. The van der Waals surface area contributed by atoms with Crippen LogP contribution in [0.2, 0.25) is 0 Å². The van der Waals surface area contributed by atoms with E-state index in [1.54, 1.807) is 18.2 Å². The lowest BCUT2D eigenvalue weighted by molar-refractivity contribution is -0.132. The van der Waals surface area contributed by atoms with Crippen molar-refractivity contribution in [3.63, 3.8) is 0 Å². The van der Waals surface area contributed by atoms with E-state index in [0.717, 1.165) is 16.6 Å². The number of carbonyl (C=O) groups excluding carboxylic acids is 2. The third-order valence-corrected chi connectivity index (χ3v) is 3.37. The Morgan fingerprint density at radius 1 is 1.00 bits per heavy atom. The Morgan fingerprint density at radius 2 is 1.65 bits per heavy atom. The van der Waals surface area contributed by atoms with Gasteiger partial charge in [-0.1, -0.05) is 17.7 Å². The van der Waals surface area contributed by atoms with Crippen molar-refractivity contribution in [1.29, 1.82) is 0 Å². The molecule has 3 rings (SSSR count). The van der Waals surface area contributed by atoms with Gasteiger partial charge >= 0.3 is 11.8 Å². The smallest absolute Gasteiger partial charge is 0.314 e. The van der Waals surface area contributed by atoms with E-state index in [4.69, 9.17) is 0 Å². The molecule has 116 valence electrons. The largest absolute Gasteiger partial charge is 0.318 e. The molecule has 0 radical (unpaired) electrons. The lowest BCUT2D eigenvalue weighted by Crippen LogP contribution is -2.29. The lowest BCUT2D eigenvalue weighted by atomic mass is 10.2.